The van der Waals surface area contributed by atoms with Crippen LogP contribution in [0.5, 0.6) is 23.0 Å². The molecule has 0 unspecified atom stereocenters. The van der Waals surface area contributed by atoms with Crippen LogP contribution in [0, 0.1) is 23.3 Å². The highest BCUT2D eigenvalue weighted by molar-refractivity contribution is 5.72. The smallest absolute Gasteiger partial charge is 0.130 e. The molecule has 0 heterocycles. The molecule has 0 aliphatic heterocycles. The van der Waals surface area contributed by atoms with Crippen molar-refractivity contribution in [1.29, 1.82) is 0 Å². The first-order valence-electron chi connectivity index (χ1n) is 11.0. The summed E-state index contributed by atoms with van der Waals surface area (Å²) in [6.07, 6.45) is 0. The molecule has 2 nitrogen and oxygen atoms in total. The van der Waals surface area contributed by atoms with Crippen LogP contribution >= 0.6 is 0 Å². The van der Waals surface area contributed by atoms with Crippen LogP contribution in [0.2, 0.25) is 0 Å². The molecule has 0 aliphatic rings. The highest BCUT2D eigenvalue weighted by Gasteiger charge is 2.09. The third-order valence-corrected chi connectivity index (χ3v) is 5.36. The Balaban J connectivity index is 1.39. The maximum Gasteiger partial charge on any atom is 0.130 e. The summed E-state index contributed by atoms with van der Waals surface area (Å²) in [5.41, 5.74) is 2.52. The average molecular weight is 486 g/mol. The van der Waals surface area contributed by atoms with Crippen LogP contribution < -0.4 is 9.47 Å². The van der Waals surface area contributed by atoms with E-state index in [1.165, 1.54) is 60.7 Å². The summed E-state index contributed by atoms with van der Waals surface area (Å²) in [6.45, 7) is 0. The van der Waals surface area contributed by atoms with E-state index in [0.29, 0.717) is 22.3 Å². The van der Waals surface area contributed by atoms with Crippen molar-refractivity contribution in [3.05, 3.63) is 132 Å². The van der Waals surface area contributed by atoms with E-state index >= 15 is 0 Å². The van der Waals surface area contributed by atoms with Gasteiger partial charge >= 0.3 is 0 Å². The Morgan fingerprint density at radius 2 is 0.722 bits per heavy atom. The van der Waals surface area contributed by atoms with Crippen LogP contribution in [-0.2, 0) is 0 Å². The van der Waals surface area contributed by atoms with Crippen molar-refractivity contribution < 1.29 is 27.0 Å². The number of halogens is 4. The van der Waals surface area contributed by atoms with Crippen LogP contribution in [-0.4, -0.2) is 0 Å². The minimum absolute atomic E-state index is 0.226. The first-order valence-corrected chi connectivity index (χ1v) is 11.0. The number of benzene rings is 5. The van der Waals surface area contributed by atoms with Gasteiger partial charge in [-0.3, -0.25) is 0 Å². The van der Waals surface area contributed by atoms with E-state index in [-0.39, 0.29) is 23.0 Å². The van der Waals surface area contributed by atoms with Crippen molar-refractivity contribution in [1.82, 2.24) is 0 Å². The molecule has 0 aliphatic carbocycles. The highest BCUT2D eigenvalue weighted by atomic mass is 19.1. The zero-order valence-electron chi connectivity index (χ0n) is 18.7. The van der Waals surface area contributed by atoms with Crippen LogP contribution in [0.25, 0.3) is 22.3 Å². The monoisotopic (exact) mass is 486 g/mol. The lowest BCUT2D eigenvalue weighted by Crippen LogP contribution is -1.90. The van der Waals surface area contributed by atoms with E-state index in [1.54, 1.807) is 48.5 Å². The van der Waals surface area contributed by atoms with E-state index < -0.39 is 23.3 Å². The molecule has 0 saturated heterocycles. The predicted octanol–water partition coefficient (Wildman–Crippen LogP) is 9.16. The lowest BCUT2D eigenvalue weighted by molar-refractivity contribution is 0.471. The van der Waals surface area contributed by atoms with Gasteiger partial charge in [0.2, 0.25) is 0 Å². The Bertz CT molecular complexity index is 1420. The van der Waals surface area contributed by atoms with Gasteiger partial charge in [0, 0.05) is 24.3 Å². The summed E-state index contributed by atoms with van der Waals surface area (Å²) in [5, 5.41) is 0. The van der Waals surface area contributed by atoms with Gasteiger partial charge in [-0.05, 0) is 70.8 Å². The maximum atomic E-state index is 14.3. The first kappa shape index (κ1) is 23.2. The second-order valence-corrected chi connectivity index (χ2v) is 8.05. The third kappa shape index (κ3) is 5.55. The van der Waals surface area contributed by atoms with Crippen molar-refractivity contribution in [3.63, 3.8) is 0 Å². The van der Waals surface area contributed by atoms with Gasteiger partial charge in [-0.1, -0.05) is 36.4 Å². The third-order valence-electron chi connectivity index (χ3n) is 5.36. The Morgan fingerprint density at radius 1 is 0.333 bits per heavy atom. The van der Waals surface area contributed by atoms with E-state index in [2.05, 4.69) is 0 Å². The van der Waals surface area contributed by atoms with Crippen molar-refractivity contribution in [2.24, 2.45) is 0 Å². The Labute approximate surface area is 205 Å². The lowest BCUT2D eigenvalue weighted by atomic mass is 10.00. The maximum absolute atomic E-state index is 14.3. The van der Waals surface area contributed by atoms with Crippen LogP contribution in [0.3, 0.4) is 0 Å². The van der Waals surface area contributed by atoms with E-state index in [4.69, 9.17) is 9.47 Å². The minimum Gasteiger partial charge on any atom is -0.457 e. The summed E-state index contributed by atoms with van der Waals surface area (Å²) in [6, 6.07) is 26.7. The molecule has 0 radical (unpaired) electrons. The normalized spacial score (nSPS) is 10.8. The topological polar surface area (TPSA) is 18.5 Å². The van der Waals surface area contributed by atoms with E-state index in [9.17, 15) is 17.6 Å². The Kier molecular flexibility index (Phi) is 6.41. The van der Waals surface area contributed by atoms with Gasteiger partial charge in [-0.2, -0.15) is 0 Å². The van der Waals surface area contributed by atoms with Gasteiger partial charge in [-0.25, -0.2) is 17.6 Å². The Morgan fingerprint density at radius 3 is 1.11 bits per heavy atom. The van der Waals surface area contributed by atoms with Gasteiger partial charge in [-0.15, -0.1) is 0 Å². The number of hydrogen-bond donors (Lipinski definition) is 0. The molecule has 178 valence electrons. The molecule has 0 N–H and O–H groups in total. The van der Waals surface area contributed by atoms with Crippen molar-refractivity contribution in [3.8, 4) is 45.3 Å². The van der Waals surface area contributed by atoms with Gasteiger partial charge in [0.05, 0.1) is 0 Å². The van der Waals surface area contributed by atoms with Gasteiger partial charge in [0.25, 0.3) is 0 Å². The Hall–Kier alpha value is -4.58. The summed E-state index contributed by atoms with van der Waals surface area (Å²) in [4.78, 5) is 0. The standard InChI is InChI=1S/C30H18F4O2/c31-23-3-1-5-27(15-23)35-29-13-21(11-25(33)17-29)19-7-9-20(10-8-19)22-12-26(34)18-30(14-22)36-28-6-2-4-24(32)16-28/h1-18H. The molecule has 6 heteroatoms. The van der Waals surface area contributed by atoms with Gasteiger partial charge < -0.3 is 9.47 Å². The number of hydrogen-bond acceptors (Lipinski definition) is 2. The van der Waals surface area contributed by atoms with Crippen LogP contribution in [0.1, 0.15) is 0 Å². The molecule has 0 aromatic heterocycles. The van der Waals surface area contributed by atoms with E-state index in [0.717, 1.165) is 0 Å². The molecule has 5 aromatic carbocycles. The second-order valence-electron chi connectivity index (χ2n) is 8.05. The molecule has 36 heavy (non-hydrogen) atoms. The number of ether oxygens (including phenoxy) is 2. The van der Waals surface area contributed by atoms with Crippen molar-refractivity contribution in [2.45, 2.75) is 0 Å². The van der Waals surface area contributed by atoms with E-state index in [1.807, 2.05) is 0 Å². The molecule has 0 saturated carbocycles. The van der Waals surface area contributed by atoms with Crippen molar-refractivity contribution >= 4 is 0 Å². The summed E-state index contributed by atoms with van der Waals surface area (Å²) in [7, 11) is 0. The summed E-state index contributed by atoms with van der Waals surface area (Å²) in [5.74, 6) is -0.968. The van der Waals surface area contributed by atoms with Gasteiger partial charge in [0.1, 0.15) is 46.3 Å². The molecule has 0 bridgehead atoms. The van der Waals surface area contributed by atoms with Crippen LogP contribution in [0.4, 0.5) is 17.6 Å². The zero-order chi connectivity index (χ0) is 25.1. The largest absolute Gasteiger partial charge is 0.457 e. The predicted molar refractivity (Wildman–Crippen MR) is 130 cm³/mol. The second kappa shape index (κ2) is 9.96. The summed E-state index contributed by atoms with van der Waals surface area (Å²) < 4.78 is 66.7. The van der Waals surface area contributed by atoms with Gasteiger partial charge in [0.15, 0.2) is 0 Å². The lowest BCUT2D eigenvalue weighted by Gasteiger charge is -2.11. The minimum atomic E-state index is -0.507. The molecule has 0 atom stereocenters. The molecular formula is C30H18F4O2. The molecule has 0 spiro atoms. The fraction of sp³-hybridized carbons (Fsp3) is 0. The average Bonchev–Trinajstić information content (AvgIpc) is 2.83. The highest BCUT2D eigenvalue weighted by Crippen LogP contribution is 2.33. The van der Waals surface area contributed by atoms with Crippen molar-refractivity contribution in [2.75, 3.05) is 0 Å². The molecular weight excluding hydrogens is 468 g/mol. The number of rotatable bonds is 6. The fourth-order valence-corrected chi connectivity index (χ4v) is 3.76. The molecule has 5 rings (SSSR count). The van der Waals surface area contributed by atoms with Crippen LogP contribution in [0.15, 0.2) is 109 Å². The first-order chi connectivity index (χ1) is 17.4. The SMILES string of the molecule is Fc1cccc(Oc2cc(F)cc(-c3ccc(-c4cc(F)cc(Oc5cccc(F)c5)c4)cc3)c2)c1. The summed E-state index contributed by atoms with van der Waals surface area (Å²) >= 11 is 0. The fourth-order valence-electron chi connectivity index (χ4n) is 3.76. The molecule has 5 aromatic rings. The zero-order valence-corrected chi connectivity index (χ0v) is 18.7. The quantitative estimate of drug-likeness (QED) is 0.223. The molecule has 0 fully saturated rings. The molecule has 0 amide bonds.